The third-order valence-electron chi connectivity index (χ3n) is 2.99. The molecule has 0 heterocycles. The molecule has 0 saturated carbocycles. The second-order valence-corrected chi connectivity index (χ2v) is 7.65. The van der Waals surface area contributed by atoms with Crippen LogP contribution in [0.25, 0.3) is 0 Å². The molecule has 0 radical (unpaired) electrons. The Bertz CT molecular complexity index is 895. The SMILES string of the molecule is CCc1cccc(S(=O)(=O)Nc2cccc(S(=O)(=O)[O-])c2)c1.[Na+]. The molecule has 0 atom stereocenters. The number of anilines is 1. The van der Waals surface area contributed by atoms with E-state index in [4.69, 9.17) is 0 Å². The second kappa shape index (κ2) is 7.78. The zero-order valence-electron chi connectivity index (χ0n) is 12.7. The van der Waals surface area contributed by atoms with Crippen LogP contribution in [-0.2, 0) is 26.6 Å². The van der Waals surface area contributed by atoms with E-state index in [1.165, 1.54) is 24.3 Å². The van der Waals surface area contributed by atoms with E-state index in [1.54, 1.807) is 6.07 Å². The third-order valence-corrected chi connectivity index (χ3v) is 5.20. The molecule has 0 aliphatic heterocycles. The fourth-order valence-electron chi connectivity index (χ4n) is 1.86. The van der Waals surface area contributed by atoms with Crippen LogP contribution in [0.2, 0.25) is 0 Å². The quantitative estimate of drug-likeness (QED) is 0.540. The van der Waals surface area contributed by atoms with Crippen molar-refractivity contribution in [3.8, 4) is 0 Å². The van der Waals surface area contributed by atoms with E-state index in [2.05, 4.69) is 4.72 Å². The molecule has 2 aromatic rings. The van der Waals surface area contributed by atoms with E-state index in [-0.39, 0.29) is 40.1 Å². The number of nitrogens with one attached hydrogen (secondary N) is 1. The molecule has 0 unspecified atom stereocenters. The van der Waals surface area contributed by atoms with Crippen molar-refractivity contribution in [3.63, 3.8) is 0 Å². The first kappa shape index (κ1) is 20.1. The molecular weight excluding hydrogens is 349 g/mol. The Labute approximate surface area is 158 Å². The Balaban J connectivity index is 0.00000264. The molecule has 0 saturated heterocycles. The predicted octanol–water partition coefficient (Wildman–Crippen LogP) is -1.04. The van der Waals surface area contributed by atoms with E-state index in [0.29, 0.717) is 6.42 Å². The van der Waals surface area contributed by atoms with Crippen molar-refractivity contribution in [1.29, 1.82) is 0 Å². The zero-order chi connectivity index (χ0) is 16.4. The van der Waals surface area contributed by atoms with E-state index in [0.717, 1.165) is 17.7 Å². The maximum atomic E-state index is 12.3. The molecular formula is C14H14NNaO5S2. The summed E-state index contributed by atoms with van der Waals surface area (Å²) < 4.78 is 59.8. The Morgan fingerprint density at radius 1 is 0.957 bits per heavy atom. The minimum absolute atomic E-state index is 0. The predicted molar refractivity (Wildman–Crippen MR) is 81.0 cm³/mol. The van der Waals surface area contributed by atoms with Crippen molar-refractivity contribution in [3.05, 3.63) is 54.1 Å². The summed E-state index contributed by atoms with van der Waals surface area (Å²) >= 11 is 0. The topological polar surface area (TPSA) is 103 Å². The van der Waals surface area contributed by atoms with Gasteiger partial charge in [-0.15, -0.1) is 0 Å². The smallest absolute Gasteiger partial charge is 0.744 e. The molecule has 6 nitrogen and oxygen atoms in total. The molecule has 9 heteroatoms. The molecule has 0 spiro atoms. The van der Waals surface area contributed by atoms with Crippen LogP contribution in [0.3, 0.4) is 0 Å². The standard InChI is InChI=1S/C14H15NO5S2.Na/c1-2-11-5-3-7-13(9-11)21(16,17)15-12-6-4-8-14(10-12)22(18,19)20;/h3-10,15H,2H2,1H3,(H,18,19,20);/q;+1/p-1. The summed E-state index contributed by atoms with van der Waals surface area (Å²) in [6.07, 6.45) is 0.688. The minimum atomic E-state index is -4.64. The van der Waals surface area contributed by atoms with Crippen LogP contribution in [0.5, 0.6) is 0 Å². The van der Waals surface area contributed by atoms with E-state index < -0.39 is 25.0 Å². The number of hydrogen-bond donors (Lipinski definition) is 1. The van der Waals surface area contributed by atoms with Gasteiger partial charge < -0.3 is 4.55 Å². The summed E-state index contributed by atoms with van der Waals surface area (Å²) in [5.41, 5.74) is 0.873. The van der Waals surface area contributed by atoms with E-state index >= 15 is 0 Å². The normalized spacial score (nSPS) is 11.6. The molecule has 1 N–H and O–H groups in total. The Kier molecular flexibility index (Phi) is 6.81. The van der Waals surface area contributed by atoms with E-state index in [1.807, 2.05) is 13.0 Å². The number of hydrogen-bond acceptors (Lipinski definition) is 5. The van der Waals surface area contributed by atoms with Crippen LogP contribution >= 0.6 is 0 Å². The van der Waals surface area contributed by atoms with Gasteiger partial charge in [0.2, 0.25) is 0 Å². The molecule has 0 aromatic heterocycles. The zero-order valence-corrected chi connectivity index (χ0v) is 16.3. The molecule has 118 valence electrons. The first-order chi connectivity index (χ1) is 10.2. The van der Waals surface area contributed by atoms with Gasteiger partial charge in [0, 0.05) is 0 Å². The first-order valence-corrected chi connectivity index (χ1v) is 9.29. The summed E-state index contributed by atoms with van der Waals surface area (Å²) in [7, 11) is -8.50. The van der Waals surface area contributed by atoms with Crippen molar-refractivity contribution in [2.24, 2.45) is 0 Å². The van der Waals surface area contributed by atoms with Crippen LogP contribution in [0.1, 0.15) is 12.5 Å². The third kappa shape index (κ3) is 5.30. The molecule has 0 fully saturated rings. The van der Waals surface area contributed by atoms with Gasteiger partial charge in [0.15, 0.2) is 0 Å². The van der Waals surface area contributed by atoms with Gasteiger partial charge in [-0.25, -0.2) is 16.8 Å². The van der Waals surface area contributed by atoms with Gasteiger partial charge in [0.25, 0.3) is 10.0 Å². The Hall–Kier alpha value is -0.900. The van der Waals surface area contributed by atoms with Crippen molar-refractivity contribution in [2.45, 2.75) is 23.1 Å². The van der Waals surface area contributed by atoms with Gasteiger partial charge in [-0.2, -0.15) is 0 Å². The van der Waals surface area contributed by atoms with Gasteiger partial charge in [0.05, 0.1) is 15.5 Å². The van der Waals surface area contributed by atoms with Crippen LogP contribution in [0, 0.1) is 0 Å². The van der Waals surface area contributed by atoms with Gasteiger partial charge in [0.1, 0.15) is 10.1 Å². The average molecular weight is 363 g/mol. The molecule has 23 heavy (non-hydrogen) atoms. The Morgan fingerprint density at radius 3 is 2.17 bits per heavy atom. The molecule has 0 bridgehead atoms. The maximum absolute atomic E-state index is 12.3. The number of benzene rings is 2. The van der Waals surface area contributed by atoms with Crippen LogP contribution in [0.4, 0.5) is 5.69 Å². The van der Waals surface area contributed by atoms with Gasteiger partial charge in [-0.05, 0) is 42.3 Å². The summed E-state index contributed by atoms with van der Waals surface area (Å²) in [5.74, 6) is 0. The first-order valence-electron chi connectivity index (χ1n) is 6.40. The van der Waals surface area contributed by atoms with Gasteiger partial charge in [-0.1, -0.05) is 25.1 Å². The van der Waals surface area contributed by atoms with E-state index in [9.17, 15) is 21.4 Å². The molecule has 0 amide bonds. The molecule has 0 aliphatic carbocycles. The van der Waals surface area contributed by atoms with Crippen molar-refractivity contribution < 1.29 is 50.9 Å². The van der Waals surface area contributed by atoms with Crippen LogP contribution in [-0.4, -0.2) is 21.4 Å². The molecule has 2 rings (SSSR count). The van der Waals surface area contributed by atoms with Gasteiger partial charge >= 0.3 is 29.6 Å². The summed E-state index contributed by atoms with van der Waals surface area (Å²) in [6.45, 7) is 1.90. The minimum Gasteiger partial charge on any atom is -0.744 e. The fourth-order valence-corrected chi connectivity index (χ4v) is 3.50. The van der Waals surface area contributed by atoms with Crippen molar-refractivity contribution >= 4 is 25.8 Å². The fraction of sp³-hybridized carbons (Fsp3) is 0.143. The maximum Gasteiger partial charge on any atom is 1.00 e. The number of rotatable bonds is 5. The second-order valence-electron chi connectivity index (χ2n) is 4.59. The van der Waals surface area contributed by atoms with Crippen molar-refractivity contribution in [1.82, 2.24) is 0 Å². The molecule has 2 aromatic carbocycles. The summed E-state index contributed by atoms with van der Waals surface area (Å²) in [6, 6.07) is 11.2. The number of sulfonamides is 1. The monoisotopic (exact) mass is 363 g/mol. The van der Waals surface area contributed by atoms with Gasteiger partial charge in [-0.3, -0.25) is 4.72 Å². The Morgan fingerprint density at radius 2 is 1.57 bits per heavy atom. The van der Waals surface area contributed by atoms with Crippen LogP contribution < -0.4 is 34.3 Å². The van der Waals surface area contributed by atoms with Crippen LogP contribution in [0.15, 0.2) is 58.3 Å². The summed E-state index contributed by atoms with van der Waals surface area (Å²) in [4.78, 5) is -0.419. The molecule has 0 aliphatic rings. The van der Waals surface area contributed by atoms with Crippen molar-refractivity contribution in [2.75, 3.05) is 4.72 Å². The largest absolute Gasteiger partial charge is 1.00 e. The average Bonchev–Trinajstić information content (AvgIpc) is 2.46. The number of aryl methyl sites for hydroxylation is 1. The summed E-state index contributed by atoms with van der Waals surface area (Å²) in [5, 5.41) is 0.